The Morgan fingerprint density at radius 1 is 0.561 bits per heavy atom. The SMILES string of the molecule is Cc1cc(C)c2c(C)cc3c(c2c1)C1(CC(C2CCCCC2)C(C(C)C)C(C2CCCCC2)C1)c1ccc2c(c1-3)C(C)(C)C1=C2C(C)(C)c2ccc(C(C)C)cc21. The second-order valence-electron chi connectivity index (χ2n) is 22.4. The van der Waals surface area contributed by atoms with Gasteiger partial charge in [0.05, 0.1) is 0 Å². The molecule has 3 fully saturated rings. The quantitative estimate of drug-likeness (QED) is 0.195. The Labute approximate surface area is 346 Å². The van der Waals surface area contributed by atoms with Crippen molar-refractivity contribution in [2.75, 3.05) is 0 Å². The molecule has 2 atom stereocenters. The van der Waals surface area contributed by atoms with Crippen LogP contribution in [0.15, 0.2) is 48.5 Å². The number of fused-ring (bicyclic) bond motifs is 12. The van der Waals surface area contributed by atoms with Crippen LogP contribution in [-0.2, 0) is 16.2 Å². The summed E-state index contributed by atoms with van der Waals surface area (Å²) in [5.74, 6) is 5.40. The zero-order valence-electron chi connectivity index (χ0n) is 37.6. The Morgan fingerprint density at radius 2 is 1.14 bits per heavy atom. The molecular formula is C57H72. The van der Waals surface area contributed by atoms with Crippen molar-refractivity contribution in [2.24, 2.45) is 35.5 Å². The van der Waals surface area contributed by atoms with Crippen LogP contribution in [0.25, 0.3) is 33.0 Å². The summed E-state index contributed by atoms with van der Waals surface area (Å²) in [6.45, 7) is 27.4. The maximum atomic E-state index is 2.74. The van der Waals surface area contributed by atoms with Crippen molar-refractivity contribution in [1.82, 2.24) is 0 Å². The van der Waals surface area contributed by atoms with Crippen LogP contribution in [0.4, 0.5) is 0 Å². The fraction of sp³-hybridized carbons (Fsp3) is 0.579. The topological polar surface area (TPSA) is 0 Å². The average molecular weight is 757 g/mol. The minimum Gasteiger partial charge on any atom is -0.0625 e. The van der Waals surface area contributed by atoms with Crippen molar-refractivity contribution in [3.63, 3.8) is 0 Å². The second kappa shape index (κ2) is 13.2. The maximum absolute atomic E-state index is 2.74. The summed E-state index contributed by atoms with van der Waals surface area (Å²) in [5.41, 5.74) is 21.9. The highest BCUT2D eigenvalue weighted by Gasteiger charge is 2.59. The normalized spacial score (nSPS) is 27.7. The predicted molar refractivity (Wildman–Crippen MR) is 245 cm³/mol. The summed E-state index contributed by atoms with van der Waals surface area (Å²) >= 11 is 0. The van der Waals surface area contributed by atoms with Crippen LogP contribution in [-0.4, -0.2) is 0 Å². The molecule has 6 aliphatic carbocycles. The number of hydrogen-bond donors (Lipinski definition) is 0. The molecule has 3 saturated carbocycles. The molecule has 0 heteroatoms. The van der Waals surface area contributed by atoms with E-state index in [0.717, 1.165) is 35.5 Å². The molecule has 6 aliphatic rings. The lowest BCUT2D eigenvalue weighted by Gasteiger charge is -2.55. The van der Waals surface area contributed by atoms with Gasteiger partial charge in [-0.25, -0.2) is 0 Å². The van der Waals surface area contributed by atoms with Crippen LogP contribution in [0.2, 0.25) is 0 Å². The van der Waals surface area contributed by atoms with Crippen molar-refractivity contribution in [3.05, 3.63) is 104 Å². The van der Waals surface area contributed by atoms with Gasteiger partial charge in [0.15, 0.2) is 0 Å². The van der Waals surface area contributed by atoms with E-state index < -0.39 is 0 Å². The summed E-state index contributed by atoms with van der Waals surface area (Å²) < 4.78 is 0. The average Bonchev–Trinajstić information content (AvgIpc) is 3.69. The summed E-state index contributed by atoms with van der Waals surface area (Å²) in [6.07, 6.45) is 17.1. The minimum atomic E-state index is -0.0943. The zero-order chi connectivity index (χ0) is 39.9. The first-order chi connectivity index (χ1) is 27.2. The molecule has 0 heterocycles. The highest BCUT2D eigenvalue weighted by molar-refractivity contribution is 6.13. The molecule has 300 valence electrons. The van der Waals surface area contributed by atoms with Gasteiger partial charge in [0.2, 0.25) is 0 Å². The van der Waals surface area contributed by atoms with E-state index in [4.69, 9.17) is 0 Å². The molecule has 0 nitrogen and oxygen atoms in total. The van der Waals surface area contributed by atoms with Crippen LogP contribution in [0, 0.1) is 56.3 Å². The van der Waals surface area contributed by atoms with E-state index >= 15 is 0 Å². The van der Waals surface area contributed by atoms with Crippen molar-refractivity contribution >= 4 is 21.9 Å². The van der Waals surface area contributed by atoms with Crippen LogP contribution in [0.1, 0.15) is 194 Å². The molecule has 57 heavy (non-hydrogen) atoms. The number of benzene rings is 4. The summed E-state index contributed by atoms with van der Waals surface area (Å²) in [6, 6.07) is 20.7. The van der Waals surface area contributed by atoms with Crippen molar-refractivity contribution in [3.8, 4) is 11.1 Å². The van der Waals surface area contributed by atoms with Gasteiger partial charge in [0.1, 0.15) is 0 Å². The van der Waals surface area contributed by atoms with Crippen molar-refractivity contribution in [1.29, 1.82) is 0 Å². The van der Waals surface area contributed by atoms with E-state index in [1.165, 1.54) is 116 Å². The lowest BCUT2D eigenvalue weighted by molar-refractivity contribution is -0.0164. The van der Waals surface area contributed by atoms with Crippen LogP contribution >= 0.6 is 0 Å². The number of hydrogen-bond acceptors (Lipinski definition) is 0. The molecule has 1 spiro atoms. The summed E-state index contributed by atoms with van der Waals surface area (Å²) in [5, 5.41) is 3.12. The monoisotopic (exact) mass is 757 g/mol. The van der Waals surface area contributed by atoms with Gasteiger partial charge < -0.3 is 0 Å². The van der Waals surface area contributed by atoms with Gasteiger partial charge in [0.25, 0.3) is 0 Å². The van der Waals surface area contributed by atoms with E-state index in [2.05, 4.69) is 125 Å². The zero-order valence-corrected chi connectivity index (χ0v) is 37.6. The van der Waals surface area contributed by atoms with E-state index in [1.807, 2.05) is 0 Å². The largest absolute Gasteiger partial charge is 0.0625 e. The second-order valence-corrected chi connectivity index (χ2v) is 22.4. The Kier molecular flexibility index (Phi) is 8.82. The van der Waals surface area contributed by atoms with Crippen molar-refractivity contribution < 1.29 is 0 Å². The Morgan fingerprint density at radius 3 is 1.74 bits per heavy atom. The Balaban J connectivity index is 1.27. The van der Waals surface area contributed by atoms with Gasteiger partial charge in [0, 0.05) is 16.2 Å². The molecule has 4 aromatic carbocycles. The number of aryl methyl sites for hydroxylation is 3. The molecule has 0 aliphatic heterocycles. The molecular weight excluding hydrogens is 685 g/mol. The molecule has 0 amide bonds. The minimum absolute atomic E-state index is 0.0307. The third-order valence-electron chi connectivity index (χ3n) is 17.7. The highest BCUT2D eigenvalue weighted by atomic mass is 14.6. The van der Waals surface area contributed by atoms with Gasteiger partial charge in [-0.2, -0.15) is 0 Å². The first kappa shape index (κ1) is 38.1. The van der Waals surface area contributed by atoms with Gasteiger partial charge in [-0.15, -0.1) is 0 Å². The predicted octanol–water partition coefficient (Wildman–Crippen LogP) is 16.1. The smallest absolute Gasteiger partial charge is 0.0227 e. The maximum Gasteiger partial charge on any atom is 0.0227 e. The molecule has 0 N–H and O–H groups in total. The van der Waals surface area contributed by atoms with Crippen LogP contribution in [0.5, 0.6) is 0 Å². The fourth-order valence-corrected chi connectivity index (χ4v) is 15.7. The molecule has 0 aromatic heterocycles. The van der Waals surface area contributed by atoms with Crippen LogP contribution < -0.4 is 0 Å². The molecule has 10 rings (SSSR count). The van der Waals surface area contributed by atoms with E-state index in [1.54, 1.807) is 49.9 Å². The number of allylic oxidation sites excluding steroid dienone is 2. The van der Waals surface area contributed by atoms with E-state index in [0.29, 0.717) is 5.92 Å². The lowest BCUT2D eigenvalue weighted by atomic mass is 9.49. The Bertz CT molecular complexity index is 2290. The van der Waals surface area contributed by atoms with Gasteiger partial charge in [-0.3, -0.25) is 0 Å². The van der Waals surface area contributed by atoms with E-state index in [-0.39, 0.29) is 16.2 Å². The summed E-state index contributed by atoms with van der Waals surface area (Å²) in [4.78, 5) is 0. The van der Waals surface area contributed by atoms with Gasteiger partial charge in [-0.1, -0.05) is 174 Å². The molecule has 2 unspecified atom stereocenters. The summed E-state index contributed by atoms with van der Waals surface area (Å²) in [7, 11) is 0. The fourth-order valence-electron chi connectivity index (χ4n) is 15.7. The van der Waals surface area contributed by atoms with Gasteiger partial charge >= 0.3 is 0 Å². The molecule has 0 radical (unpaired) electrons. The molecule has 0 saturated heterocycles. The van der Waals surface area contributed by atoms with E-state index in [9.17, 15) is 0 Å². The Hall–Kier alpha value is -3.12. The standard InChI is InChI=1S/C57H72/c1-32(2)39-22-24-46-41(29-39)54-53(55(46,8)9)40-23-25-47-50(52(40)56(54,10)11)43-28-36(7)49-35(6)26-34(5)27-42(49)51(43)57(47)30-44(37-18-14-12-15-19-37)48(33(3)4)45(31-57)38-20-16-13-17-21-38/h22-29,32-33,37-38,44-45,48H,12-21,30-31H2,1-11H3. The first-order valence-electron chi connectivity index (χ1n) is 23.8. The lowest BCUT2D eigenvalue weighted by Crippen LogP contribution is -2.49. The highest BCUT2D eigenvalue weighted by Crippen LogP contribution is 2.70. The third-order valence-corrected chi connectivity index (χ3v) is 17.7. The van der Waals surface area contributed by atoms with Crippen molar-refractivity contribution in [2.45, 2.75) is 175 Å². The molecule has 0 bridgehead atoms. The third kappa shape index (κ3) is 5.29. The van der Waals surface area contributed by atoms with Gasteiger partial charge in [-0.05, 0) is 158 Å². The first-order valence-corrected chi connectivity index (χ1v) is 23.8. The number of rotatable bonds is 4. The van der Waals surface area contributed by atoms with Crippen LogP contribution in [0.3, 0.4) is 0 Å². The molecule has 4 aromatic rings.